The minimum atomic E-state index is -0.414. The summed E-state index contributed by atoms with van der Waals surface area (Å²) in [6, 6.07) is 8.69. The molecule has 0 aliphatic heterocycles. The van der Waals surface area contributed by atoms with Crippen LogP contribution in [-0.2, 0) is 11.3 Å². The summed E-state index contributed by atoms with van der Waals surface area (Å²) in [7, 11) is 1.61. The number of methoxy groups -OCH3 is 1. The Hall–Kier alpha value is -3.40. The van der Waals surface area contributed by atoms with E-state index in [0.717, 1.165) is 16.5 Å². The molecule has 9 nitrogen and oxygen atoms in total. The lowest BCUT2D eigenvalue weighted by molar-refractivity contribution is -0.118. The van der Waals surface area contributed by atoms with Gasteiger partial charge < -0.3 is 18.8 Å². The van der Waals surface area contributed by atoms with Crippen molar-refractivity contribution >= 4 is 22.4 Å². The molecular weight excluding hydrogens is 408 g/mol. The second-order valence-electron chi connectivity index (χ2n) is 6.27. The lowest BCUT2D eigenvalue weighted by Gasteiger charge is -2.15. The normalized spacial score (nSPS) is 10.5. The molecule has 0 aliphatic carbocycles. The third kappa shape index (κ3) is 5.57. The molecule has 0 saturated heterocycles. The highest BCUT2D eigenvalue weighted by Crippen LogP contribution is 2.18. The highest BCUT2D eigenvalue weighted by atomic mass is 32.1. The first-order valence-electron chi connectivity index (χ1n) is 9.16. The van der Waals surface area contributed by atoms with Crippen LogP contribution in [0.15, 0.2) is 41.3 Å². The highest BCUT2D eigenvalue weighted by Gasteiger charge is 2.12. The zero-order chi connectivity index (χ0) is 21.5. The minimum absolute atomic E-state index is 0.130. The maximum absolute atomic E-state index is 12.2. The Bertz CT molecular complexity index is 1060. The van der Waals surface area contributed by atoms with Crippen LogP contribution < -0.4 is 25.0 Å². The van der Waals surface area contributed by atoms with E-state index in [-0.39, 0.29) is 17.8 Å². The molecule has 0 radical (unpaired) electrons. The highest BCUT2D eigenvalue weighted by molar-refractivity contribution is 7.15. The Kier molecular flexibility index (Phi) is 7.02. The van der Waals surface area contributed by atoms with Crippen molar-refractivity contribution in [3.8, 4) is 17.2 Å². The van der Waals surface area contributed by atoms with E-state index >= 15 is 0 Å². The van der Waals surface area contributed by atoms with E-state index < -0.39 is 5.91 Å². The molecule has 3 rings (SSSR count). The number of rotatable bonds is 9. The van der Waals surface area contributed by atoms with Gasteiger partial charge in [0.2, 0.25) is 10.6 Å². The van der Waals surface area contributed by atoms with Gasteiger partial charge in [-0.05, 0) is 38.1 Å². The van der Waals surface area contributed by atoms with Crippen LogP contribution in [0.5, 0.6) is 17.2 Å². The van der Waals surface area contributed by atoms with Gasteiger partial charge in [0, 0.05) is 12.3 Å². The molecule has 1 amide bonds. The van der Waals surface area contributed by atoms with Gasteiger partial charge in [-0.15, -0.1) is 10.2 Å². The Balaban J connectivity index is 1.57. The summed E-state index contributed by atoms with van der Waals surface area (Å²) in [5, 5.41) is 11.4. The van der Waals surface area contributed by atoms with Gasteiger partial charge in [0.25, 0.3) is 5.91 Å². The molecule has 3 aromatic rings. The molecule has 1 aromatic carbocycles. The van der Waals surface area contributed by atoms with Gasteiger partial charge in [0.05, 0.1) is 19.3 Å². The van der Waals surface area contributed by atoms with Crippen molar-refractivity contribution in [1.29, 1.82) is 0 Å². The number of aryl methyl sites for hydroxylation is 1. The summed E-state index contributed by atoms with van der Waals surface area (Å²) in [5.74, 6) is 1.19. The molecular formula is C20H22N4O5S. The quantitative estimate of drug-likeness (QED) is 0.556. The van der Waals surface area contributed by atoms with Gasteiger partial charge in [0.15, 0.2) is 12.4 Å². The number of carbonyl (C=O) groups is 1. The number of hydrogen-bond donors (Lipinski definition) is 1. The number of carbonyl (C=O) groups excluding carboxylic acids is 1. The van der Waals surface area contributed by atoms with Crippen LogP contribution in [0.2, 0.25) is 0 Å². The van der Waals surface area contributed by atoms with E-state index in [2.05, 4.69) is 15.5 Å². The summed E-state index contributed by atoms with van der Waals surface area (Å²) >= 11 is 1.26. The van der Waals surface area contributed by atoms with Crippen LogP contribution in [0.4, 0.5) is 5.13 Å². The molecule has 0 bridgehead atoms. The molecule has 0 fully saturated rings. The fraction of sp³-hybridized carbons (Fsp3) is 0.300. The smallest absolute Gasteiger partial charge is 0.264 e. The maximum atomic E-state index is 12.2. The summed E-state index contributed by atoms with van der Waals surface area (Å²) in [4.78, 5) is 24.2. The first-order valence-corrected chi connectivity index (χ1v) is 9.97. The summed E-state index contributed by atoms with van der Waals surface area (Å²) in [6.45, 7) is 4.15. The zero-order valence-electron chi connectivity index (χ0n) is 16.9. The number of hydrogen-bond acceptors (Lipinski definition) is 8. The van der Waals surface area contributed by atoms with Gasteiger partial charge >= 0.3 is 0 Å². The molecule has 0 aliphatic rings. The topological polar surface area (TPSA) is 105 Å². The lowest BCUT2D eigenvalue weighted by atomic mass is 10.3. The van der Waals surface area contributed by atoms with E-state index in [1.807, 2.05) is 28.8 Å². The van der Waals surface area contributed by atoms with Crippen LogP contribution >= 0.6 is 11.3 Å². The van der Waals surface area contributed by atoms with Gasteiger partial charge in [-0.3, -0.25) is 14.9 Å². The summed E-state index contributed by atoms with van der Waals surface area (Å²) < 4.78 is 18.2. The minimum Gasteiger partial charge on any atom is -0.497 e. The van der Waals surface area contributed by atoms with Crippen LogP contribution in [0, 0.1) is 13.8 Å². The number of benzene rings is 1. The van der Waals surface area contributed by atoms with E-state index in [1.54, 1.807) is 27.2 Å². The number of nitrogens with one attached hydrogen (secondary N) is 1. The fourth-order valence-corrected chi connectivity index (χ4v) is 3.25. The lowest BCUT2D eigenvalue weighted by Crippen LogP contribution is -2.24. The predicted molar refractivity (Wildman–Crippen MR) is 113 cm³/mol. The molecule has 2 heterocycles. The largest absolute Gasteiger partial charge is 0.497 e. The van der Waals surface area contributed by atoms with Crippen molar-refractivity contribution in [2.75, 3.05) is 25.6 Å². The SMILES string of the molecule is COc1ccc(OCCn2ccc(=O)c(OCC(=O)Nc3nnc(C)s3)c2C)cc1. The molecule has 30 heavy (non-hydrogen) atoms. The zero-order valence-corrected chi connectivity index (χ0v) is 17.7. The molecule has 0 unspecified atom stereocenters. The molecule has 10 heteroatoms. The number of pyridine rings is 1. The van der Waals surface area contributed by atoms with E-state index in [0.29, 0.717) is 24.0 Å². The Labute approximate surface area is 177 Å². The Morgan fingerprint density at radius 2 is 1.83 bits per heavy atom. The first kappa shape index (κ1) is 21.3. The van der Waals surface area contributed by atoms with Gasteiger partial charge in [-0.2, -0.15) is 0 Å². The van der Waals surface area contributed by atoms with Crippen LogP contribution in [0.25, 0.3) is 0 Å². The second-order valence-corrected chi connectivity index (χ2v) is 7.46. The maximum Gasteiger partial charge on any atom is 0.264 e. The average molecular weight is 430 g/mol. The Morgan fingerprint density at radius 1 is 1.10 bits per heavy atom. The fourth-order valence-electron chi connectivity index (χ4n) is 2.65. The standard InChI is InChI=1S/C20H22N4O5S/c1-13-19(29-12-18(26)21-20-23-22-14(2)30-20)17(25)8-9-24(13)10-11-28-16-6-4-15(27-3)5-7-16/h4-9H,10-12H2,1-3H3,(H,21,23,26). The molecule has 0 saturated carbocycles. The molecule has 158 valence electrons. The predicted octanol–water partition coefficient (Wildman–Crippen LogP) is 2.42. The van der Waals surface area contributed by atoms with Crippen molar-refractivity contribution in [3.05, 3.63) is 57.5 Å². The van der Waals surface area contributed by atoms with Gasteiger partial charge in [-0.25, -0.2) is 0 Å². The van der Waals surface area contributed by atoms with E-state index in [4.69, 9.17) is 14.2 Å². The summed E-state index contributed by atoms with van der Waals surface area (Å²) in [5.41, 5.74) is 0.319. The monoisotopic (exact) mass is 430 g/mol. The van der Waals surface area contributed by atoms with Gasteiger partial charge in [-0.1, -0.05) is 11.3 Å². The van der Waals surface area contributed by atoms with E-state index in [1.165, 1.54) is 17.4 Å². The first-order chi connectivity index (χ1) is 14.5. The van der Waals surface area contributed by atoms with Crippen molar-refractivity contribution in [1.82, 2.24) is 14.8 Å². The van der Waals surface area contributed by atoms with Crippen molar-refractivity contribution < 1.29 is 19.0 Å². The molecule has 0 atom stereocenters. The third-order valence-electron chi connectivity index (χ3n) is 4.17. The third-order valence-corrected chi connectivity index (χ3v) is 4.92. The average Bonchev–Trinajstić information content (AvgIpc) is 3.14. The summed E-state index contributed by atoms with van der Waals surface area (Å²) in [6.07, 6.45) is 1.67. The van der Waals surface area contributed by atoms with Crippen molar-refractivity contribution in [2.45, 2.75) is 20.4 Å². The number of aromatic nitrogens is 3. The van der Waals surface area contributed by atoms with Crippen LogP contribution in [0.1, 0.15) is 10.7 Å². The number of ether oxygens (including phenoxy) is 3. The second kappa shape index (κ2) is 9.88. The van der Waals surface area contributed by atoms with E-state index in [9.17, 15) is 9.59 Å². The van der Waals surface area contributed by atoms with Crippen molar-refractivity contribution in [2.24, 2.45) is 0 Å². The van der Waals surface area contributed by atoms with Gasteiger partial charge in [0.1, 0.15) is 23.1 Å². The van der Waals surface area contributed by atoms with Crippen LogP contribution in [0.3, 0.4) is 0 Å². The number of amides is 1. The molecule has 1 N–H and O–H groups in total. The van der Waals surface area contributed by atoms with Crippen molar-refractivity contribution in [3.63, 3.8) is 0 Å². The Morgan fingerprint density at radius 3 is 2.50 bits per heavy atom. The van der Waals surface area contributed by atoms with Crippen LogP contribution in [-0.4, -0.2) is 41.0 Å². The molecule has 2 aromatic heterocycles. The molecule has 0 spiro atoms. The number of anilines is 1. The number of nitrogens with zero attached hydrogens (tertiary/aromatic N) is 3.